The minimum absolute atomic E-state index is 0.159. The quantitative estimate of drug-likeness (QED) is 0.307. The third-order valence-electron chi connectivity index (χ3n) is 15.1. The first kappa shape index (κ1) is 32.4. The fraction of sp³-hybridized carbons (Fsp3) is 0.636. The Morgan fingerprint density at radius 1 is 0.696 bits per heavy atom. The van der Waals surface area contributed by atoms with E-state index in [1.165, 1.54) is 62.5 Å². The summed E-state index contributed by atoms with van der Waals surface area (Å²) in [5.74, 6) is 1.28. The average molecular weight is 621 g/mol. The smallest absolute Gasteiger partial charge is 0.0720 e. The molecule has 0 aromatic heterocycles. The number of fused-ring (bicyclic) bond motifs is 6. The molecular weight excluding hydrogens is 560 g/mol. The summed E-state index contributed by atoms with van der Waals surface area (Å²) in [6.07, 6.45) is 17.2. The topological polar surface area (TPSA) is 18.5 Å². The average Bonchev–Trinajstić information content (AvgIpc) is 3.03. The highest BCUT2D eigenvalue weighted by Crippen LogP contribution is 2.74. The lowest BCUT2D eigenvalue weighted by Gasteiger charge is -2.69. The summed E-state index contributed by atoms with van der Waals surface area (Å²) in [6, 6.07) is 21.4. The Morgan fingerprint density at radius 2 is 1.35 bits per heavy atom. The van der Waals surface area contributed by atoms with Crippen molar-refractivity contribution in [2.45, 2.75) is 126 Å². The number of benzene rings is 2. The van der Waals surface area contributed by atoms with Gasteiger partial charge in [-0.1, -0.05) is 127 Å². The number of rotatable bonds is 7. The summed E-state index contributed by atoms with van der Waals surface area (Å²) in [4.78, 5) is 0. The molecule has 0 spiro atoms. The van der Waals surface area contributed by atoms with E-state index < -0.39 is 0 Å². The number of ether oxygens (including phenoxy) is 2. The molecule has 8 atom stereocenters. The van der Waals surface area contributed by atoms with Crippen molar-refractivity contribution in [1.82, 2.24) is 0 Å². The fourth-order valence-electron chi connectivity index (χ4n) is 11.9. The van der Waals surface area contributed by atoms with Crippen LogP contribution in [0.15, 0.2) is 84.0 Å². The molecule has 0 radical (unpaired) electrons. The zero-order chi connectivity index (χ0) is 32.4. The van der Waals surface area contributed by atoms with Crippen LogP contribution in [0.1, 0.15) is 117 Å². The van der Waals surface area contributed by atoms with Gasteiger partial charge in [-0.25, -0.2) is 0 Å². The van der Waals surface area contributed by atoms with Gasteiger partial charge in [0.25, 0.3) is 0 Å². The van der Waals surface area contributed by atoms with Crippen LogP contribution in [0.5, 0.6) is 0 Å². The van der Waals surface area contributed by atoms with Crippen LogP contribution in [-0.4, -0.2) is 12.7 Å². The van der Waals surface area contributed by atoms with E-state index in [2.05, 4.69) is 121 Å². The van der Waals surface area contributed by atoms with Gasteiger partial charge < -0.3 is 9.47 Å². The predicted molar refractivity (Wildman–Crippen MR) is 190 cm³/mol. The molecule has 3 fully saturated rings. The van der Waals surface area contributed by atoms with Gasteiger partial charge in [-0.2, -0.15) is 0 Å². The van der Waals surface area contributed by atoms with Gasteiger partial charge in [0.15, 0.2) is 0 Å². The highest BCUT2D eigenvalue weighted by atomic mass is 16.5. The summed E-state index contributed by atoms with van der Waals surface area (Å²) in [6.45, 7) is 20.5. The molecule has 46 heavy (non-hydrogen) atoms. The molecular formula is C44H60O2. The Bertz CT molecular complexity index is 1470. The summed E-state index contributed by atoms with van der Waals surface area (Å²) in [5.41, 5.74) is 7.55. The Balaban J connectivity index is 1.15. The molecule has 7 rings (SSSR count). The van der Waals surface area contributed by atoms with E-state index in [-0.39, 0.29) is 21.7 Å². The highest BCUT2D eigenvalue weighted by Gasteiger charge is 2.66. The maximum atomic E-state index is 6.75. The molecule has 5 aliphatic rings. The maximum Gasteiger partial charge on any atom is 0.0720 e. The zero-order valence-corrected chi connectivity index (χ0v) is 30.0. The molecule has 0 heterocycles. The van der Waals surface area contributed by atoms with Crippen molar-refractivity contribution in [2.24, 2.45) is 44.3 Å². The van der Waals surface area contributed by atoms with E-state index >= 15 is 0 Å². The molecule has 2 aromatic carbocycles. The van der Waals surface area contributed by atoms with Crippen molar-refractivity contribution in [3.05, 3.63) is 95.1 Å². The lowest BCUT2D eigenvalue weighted by molar-refractivity contribution is -0.196. The minimum atomic E-state index is 0.159. The summed E-state index contributed by atoms with van der Waals surface area (Å²) < 4.78 is 13.2. The molecule has 3 saturated carbocycles. The lowest BCUT2D eigenvalue weighted by atomic mass is 9.35. The van der Waals surface area contributed by atoms with Crippen molar-refractivity contribution >= 4 is 0 Å². The fourth-order valence-corrected chi connectivity index (χ4v) is 11.9. The standard InChI is InChI=1S/C44H60O2/c1-39(2)36-20-23-44(7)37(42(36,5)22-21-38(39)46-30-33-16-12-9-13-17-33)19-18-34-35-28-40(3,31-45-29-32-14-10-8-11-15-32)24-25-41(35,4)26-27-43(34,44)6/h8-19,36-38H,20-31H2,1-7H3/t36?,37?,38?,40-,41?,42?,43+,44?/m0/s1. The molecule has 0 saturated heterocycles. The van der Waals surface area contributed by atoms with Crippen molar-refractivity contribution in [2.75, 3.05) is 6.61 Å². The monoisotopic (exact) mass is 620 g/mol. The molecule has 0 amide bonds. The third kappa shape index (κ3) is 5.11. The Labute approximate surface area is 280 Å². The van der Waals surface area contributed by atoms with Gasteiger partial charge in [0, 0.05) is 0 Å². The number of hydrogen-bond donors (Lipinski definition) is 0. The molecule has 5 aliphatic carbocycles. The van der Waals surface area contributed by atoms with Crippen molar-refractivity contribution in [3.63, 3.8) is 0 Å². The molecule has 6 unspecified atom stereocenters. The van der Waals surface area contributed by atoms with E-state index in [9.17, 15) is 0 Å². The Morgan fingerprint density at radius 3 is 2.04 bits per heavy atom. The molecule has 0 N–H and O–H groups in total. The van der Waals surface area contributed by atoms with Crippen LogP contribution in [0.4, 0.5) is 0 Å². The van der Waals surface area contributed by atoms with Crippen LogP contribution in [0, 0.1) is 44.3 Å². The van der Waals surface area contributed by atoms with E-state index in [1.54, 1.807) is 11.1 Å². The van der Waals surface area contributed by atoms with Crippen molar-refractivity contribution < 1.29 is 9.47 Å². The molecule has 2 heteroatoms. The first-order chi connectivity index (χ1) is 21.8. The second-order valence-corrected chi connectivity index (χ2v) is 18.2. The number of hydrogen-bond acceptors (Lipinski definition) is 2. The van der Waals surface area contributed by atoms with Crippen LogP contribution in [0.3, 0.4) is 0 Å². The summed E-state index contributed by atoms with van der Waals surface area (Å²) in [5, 5.41) is 0. The van der Waals surface area contributed by atoms with E-state index in [1.807, 2.05) is 0 Å². The van der Waals surface area contributed by atoms with Gasteiger partial charge in [-0.05, 0) is 119 Å². The van der Waals surface area contributed by atoms with Crippen molar-refractivity contribution in [3.8, 4) is 0 Å². The van der Waals surface area contributed by atoms with E-state index in [4.69, 9.17) is 9.47 Å². The summed E-state index contributed by atoms with van der Waals surface area (Å²) >= 11 is 0. The molecule has 0 bridgehead atoms. The maximum absolute atomic E-state index is 6.75. The minimum Gasteiger partial charge on any atom is -0.376 e. The second kappa shape index (κ2) is 11.5. The van der Waals surface area contributed by atoms with Gasteiger partial charge >= 0.3 is 0 Å². The molecule has 2 aromatic rings. The van der Waals surface area contributed by atoms with E-state index in [0.717, 1.165) is 19.6 Å². The Hall–Kier alpha value is -2.16. The third-order valence-corrected chi connectivity index (χ3v) is 15.1. The first-order valence-corrected chi connectivity index (χ1v) is 18.5. The van der Waals surface area contributed by atoms with Gasteiger partial charge in [-0.15, -0.1) is 0 Å². The molecule has 248 valence electrons. The second-order valence-electron chi connectivity index (χ2n) is 18.2. The van der Waals surface area contributed by atoms with Crippen LogP contribution in [-0.2, 0) is 22.7 Å². The normalized spacial score (nSPS) is 41.2. The SMILES string of the molecule is CC12CC[C@](C)(COCc3ccccc3)CC1=C1C=CC3C4(C)CCC(OCc5ccccc5)C(C)(C)C4CCC3(C)[C@]1(C)CC2. The lowest BCUT2D eigenvalue weighted by Crippen LogP contribution is -2.63. The molecule has 2 nitrogen and oxygen atoms in total. The largest absolute Gasteiger partial charge is 0.376 e. The van der Waals surface area contributed by atoms with Crippen LogP contribution < -0.4 is 0 Å². The first-order valence-electron chi connectivity index (χ1n) is 18.5. The molecule has 0 aliphatic heterocycles. The van der Waals surface area contributed by atoms with Crippen LogP contribution in [0.2, 0.25) is 0 Å². The Kier molecular flexibility index (Phi) is 8.08. The van der Waals surface area contributed by atoms with Gasteiger partial charge in [0.05, 0.1) is 25.9 Å². The van der Waals surface area contributed by atoms with Crippen LogP contribution in [0.25, 0.3) is 0 Å². The van der Waals surface area contributed by atoms with Gasteiger partial charge in [-0.3, -0.25) is 0 Å². The highest BCUT2D eigenvalue weighted by molar-refractivity contribution is 5.45. The van der Waals surface area contributed by atoms with Gasteiger partial charge in [0.1, 0.15) is 0 Å². The van der Waals surface area contributed by atoms with E-state index in [0.29, 0.717) is 35.4 Å². The number of allylic oxidation sites excluding steroid dienone is 4. The van der Waals surface area contributed by atoms with Crippen molar-refractivity contribution in [1.29, 1.82) is 0 Å². The van der Waals surface area contributed by atoms with Crippen LogP contribution >= 0.6 is 0 Å². The predicted octanol–water partition coefficient (Wildman–Crippen LogP) is 11.5. The van der Waals surface area contributed by atoms with Gasteiger partial charge in [0.2, 0.25) is 0 Å². The summed E-state index contributed by atoms with van der Waals surface area (Å²) in [7, 11) is 0. The zero-order valence-electron chi connectivity index (χ0n) is 30.0.